The van der Waals surface area contributed by atoms with Gasteiger partial charge < -0.3 is 0 Å². The third kappa shape index (κ3) is 3.75. The van der Waals surface area contributed by atoms with Crippen LogP contribution in [-0.4, -0.2) is 50.2 Å². The summed E-state index contributed by atoms with van der Waals surface area (Å²) in [5.41, 5.74) is 3.39. The van der Waals surface area contributed by atoms with E-state index in [1.54, 1.807) is 0 Å². The molecule has 29 heavy (non-hydrogen) atoms. The molecule has 0 bridgehead atoms. The molecule has 1 saturated carbocycles. The van der Waals surface area contributed by atoms with Crippen molar-refractivity contribution in [2.24, 2.45) is 5.41 Å². The van der Waals surface area contributed by atoms with Gasteiger partial charge >= 0.3 is 0 Å². The Balaban J connectivity index is 1.24. The van der Waals surface area contributed by atoms with Gasteiger partial charge in [0.2, 0.25) is 0 Å². The number of piperidine rings is 1. The molecule has 3 fully saturated rings. The zero-order valence-electron chi connectivity index (χ0n) is 17.8. The highest BCUT2D eigenvalue weighted by atomic mass is 15.3. The average Bonchev–Trinajstić information content (AvgIpc) is 3.22. The fraction of sp³-hybridized carbons (Fsp3) is 0.667. The van der Waals surface area contributed by atoms with Crippen molar-refractivity contribution in [1.29, 1.82) is 0 Å². The number of hydrogen-bond acceptors (Lipinski definition) is 4. The highest BCUT2D eigenvalue weighted by Gasteiger charge is 2.54. The van der Waals surface area contributed by atoms with Crippen molar-refractivity contribution in [3.63, 3.8) is 0 Å². The van der Waals surface area contributed by atoms with Gasteiger partial charge in [-0.15, -0.1) is 0 Å². The largest absolute Gasteiger partial charge is 0.299 e. The first kappa shape index (κ1) is 19.3. The summed E-state index contributed by atoms with van der Waals surface area (Å²) >= 11 is 0. The second-order valence-corrected chi connectivity index (χ2v) is 9.49. The van der Waals surface area contributed by atoms with E-state index in [1.807, 2.05) is 23.3 Å². The Bertz CT molecular complexity index is 787. The van der Waals surface area contributed by atoms with Crippen LogP contribution in [0.15, 0.2) is 36.9 Å². The molecule has 2 aliphatic heterocycles. The Kier molecular flexibility index (Phi) is 5.44. The lowest BCUT2D eigenvalue weighted by atomic mass is 9.60. The van der Waals surface area contributed by atoms with Crippen molar-refractivity contribution >= 4 is 0 Å². The SMILES string of the molecule is CCn1cc(CN2CCC(N3CC4(CCCCC4)C3c3ccncc3)CC2)cn1. The molecule has 0 amide bonds. The van der Waals surface area contributed by atoms with Gasteiger partial charge in [-0.05, 0) is 63.4 Å². The Hall–Kier alpha value is -1.72. The summed E-state index contributed by atoms with van der Waals surface area (Å²) in [5.74, 6) is 0. The molecule has 3 aliphatic rings. The third-order valence-corrected chi connectivity index (χ3v) is 7.72. The molecule has 1 atom stereocenters. The normalized spacial score (nSPS) is 25.9. The number of likely N-dealkylation sites (tertiary alicyclic amines) is 2. The van der Waals surface area contributed by atoms with Crippen LogP contribution in [0, 0.1) is 5.41 Å². The highest BCUT2D eigenvalue weighted by molar-refractivity contribution is 5.24. The predicted octanol–water partition coefficient (Wildman–Crippen LogP) is 4.27. The highest BCUT2D eigenvalue weighted by Crippen LogP contribution is 2.58. The topological polar surface area (TPSA) is 37.2 Å². The lowest BCUT2D eigenvalue weighted by Crippen LogP contribution is -2.63. The van der Waals surface area contributed by atoms with Crippen LogP contribution in [0.25, 0.3) is 0 Å². The summed E-state index contributed by atoms with van der Waals surface area (Å²) in [5, 5.41) is 4.43. The fourth-order valence-electron chi connectivity index (χ4n) is 6.23. The van der Waals surface area contributed by atoms with Crippen LogP contribution in [-0.2, 0) is 13.1 Å². The molecule has 0 N–H and O–H groups in total. The number of pyridine rings is 1. The molecule has 0 radical (unpaired) electrons. The lowest BCUT2D eigenvalue weighted by Gasteiger charge is -2.63. The molecule has 5 nitrogen and oxygen atoms in total. The van der Waals surface area contributed by atoms with E-state index in [2.05, 4.69) is 45.1 Å². The van der Waals surface area contributed by atoms with Crippen LogP contribution in [0.5, 0.6) is 0 Å². The van der Waals surface area contributed by atoms with E-state index >= 15 is 0 Å². The summed E-state index contributed by atoms with van der Waals surface area (Å²) < 4.78 is 2.03. The van der Waals surface area contributed by atoms with Gasteiger partial charge in [0.1, 0.15) is 0 Å². The van der Waals surface area contributed by atoms with Crippen molar-refractivity contribution in [1.82, 2.24) is 24.6 Å². The maximum atomic E-state index is 4.43. The Morgan fingerprint density at radius 3 is 2.52 bits per heavy atom. The molecule has 2 aromatic rings. The summed E-state index contributed by atoms with van der Waals surface area (Å²) in [6.45, 7) is 7.87. The molecular formula is C24H35N5. The molecule has 1 unspecified atom stereocenters. The quantitative estimate of drug-likeness (QED) is 0.760. The van der Waals surface area contributed by atoms with Crippen molar-refractivity contribution in [3.05, 3.63) is 48.0 Å². The molecule has 1 spiro atoms. The molecule has 2 saturated heterocycles. The molecule has 5 heteroatoms. The number of nitrogens with zero attached hydrogens (tertiary/aromatic N) is 5. The Morgan fingerprint density at radius 1 is 1.07 bits per heavy atom. The average molecular weight is 394 g/mol. The molecule has 5 rings (SSSR count). The fourth-order valence-corrected chi connectivity index (χ4v) is 6.23. The monoisotopic (exact) mass is 393 g/mol. The van der Waals surface area contributed by atoms with Gasteiger partial charge in [0.15, 0.2) is 0 Å². The summed E-state index contributed by atoms with van der Waals surface area (Å²) in [6.07, 6.45) is 17.9. The number of hydrogen-bond donors (Lipinski definition) is 0. The van der Waals surface area contributed by atoms with Gasteiger partial charge in [-0.2, -0.15) is 5.10 Å². The second-order valence-electron chi connectivity index (χ2n) is 9.49. The van der Waals surface area contributed by atoms with Gasteiger partial charge in [0.25, 0.3) is 0 Å². The summed E-state index contributed by atoms with van der Waals surface area (Å²) in [6, 6.07) is 5.89. The van der Waals surface area contributed by atoms with E-state index in [0.29, 0.717) is 11.5 Å². The van der Waals surface area contributed by atoms with Crippen molar-refractivity contribution in [3.8, 4) is 0 Å². The molecular weight excluding hydrogens is 358 g/mol. The third-order valence-electron chi connectivity index (χ3n) is 7.72. The minimum Gasteiger partial charge on any atom is -0.299 e. The van der Waals surface area contributed by atoms with Crippen LogP contribution in [0.1, 0.15) is 69.0 Å². The van der Waals surface area contributed by atoms with Crippen molar-refractivity contribution < 1.29 is 0 Å². The first-order chi connectivity index (χ1) is 14.3. The predicted molar refractivity (Wildman–Crippen MR) is 115 cm³/mol. The summed E-state index contributed by atoms with van der Waals surface area (Å²) in [7, 11) is 0. The minimum atomic E-state index is 0.533. The molecule has 156 valence electrons. The first-order valence-electron chi connectivity index (χ1n) is 11.7. The molecule has 1 aliphatic carbocycles. The maximum Gasteiger partial charge on any atom is 0.0534 e. The number of aryl methyl sites for hydroxylation is 1. The van der Waals surface area contributed by atoms with Crippen LogP contribution in [0.4, 0.5) is 0 Å². The van der Waals surface area contributed by atoms with E-state index in [1.165, 1.54) is 75.7 Å². The molecule has 2 aromatic heterocycles. The van der Waals surface area contributed by atoms with E-state index < -0.39 is 0 Å². The minimum absolute atomic E-state index is 0.533. The van der Waals surface area contributed by atoms with Crippen LogP contribution >= 0.6 is 0 Å². The smallest absolute Gasteiger partial charge is 0.0534 e. The van der Waals surface area contributed by atoms with Crippen molar-refractivity contribution in [2.45, 2.75) is 77.0 Å². The van der Waals surface area contributed by atoms with Crippen LogP contribution in [0.3, 0.4) is 0 Å². The zero-order chi connectivity index (χ0) is 19.7. The molecule has 0 aromatic carbocycles. The first-order valence-corrected chi connectivity index (χ1v) is 11.7. The standard InChI is InChI=1S/C24H35N5/c1-2-28-18-20(16-26-28)17-27-14-8-22(9-15-27)29-19-24(10-4-3-5-11-24)23(29)21-6-12-25-13-7-21/h6-7,12-13,16,18,22-23H,2-5,8-11,14-15,17,19H2,1H3. The van der Waals surface area contributed by atoms with E-state index in [9.17, 15) is 0 Å². The van der Waals surface area contributed by atoms with Gasteiger partial charge in [-0.3, -0.25) is 19.5 Å². The zero-order valence-corrected chi connectivity index (χ0v) is 17.8. The van der Waals surface area contributed by atoms with Gasteiger partial charge in [-0.1, -0.05) is 19.3 Å². The van der Waals surface area contributed by atoms with Crippen LogP contribution < -0.4 is 0 Å². The summed E-state index contributed by atoms with van der Waals surface area (Å²) in [4.78, 5) is 9.75. The van der Waals surface area contributed by atoms with Crippen LogP contribution in [0.2, 0.25) is 0 Å². The van der Waals surface area contributed by atoms with E-state index in [0.717, 1.165) is 19.1 Å². The van der Waals surface area contributed by atoms with E-state index in [-0.39, 0.29) is 0 Å². The Morgan fingerprint density at radius 2 is 1.83 bits per heavy atom. The van der Waals surface area contributed by atoms with Gasteiger partial charge in [0.05, 0.1) is 6.20 Å². The number of rotatable bonds is 5. The molecule has 4 heterocycles. The number of aromatic nitrogens is 3. The van der Waals surface area contributed by atoms with Gasteiger partial charge in [0, 0.05) is 61.3 Å². The maximum absolute atomic E-state index is 4.43. The van der Waals surface area contributed by atoms with E-state index in [4.69, 9.17) is 0 Å². The Labute approximate surface area is 175 Å². The van der Waals surface area contributed by atoms with Gasteiger partial charge in [-0.25, -0.2) is 0 Å². The van der Waals surface area contributed by atoms with Crippen molar-refractivity contribution in [2.75, 3.05) is 19.6 Å². The second kappa shape index (κ2) is 8.19. The lowest BCUT2D eigenvalue weighted by molar-refractivity contribution is -0.133.